The van der Waals surface area contributed by atoms with Crippen molar-refractivity contribution in [3.63, 3.8) is 0 Å². The monoisotopic (exact) mass is 475 g/mol. The first kappa shape index (κ1) is 23.5. The van der Waals surface area contributed by atoms with Crippen molar-refractivity contribution in [3.05, 3.63) is 124 Å². The average Bonchev–Trinajstić information content (AvgIpc) is 2.92. The standard InChI is InChI=1S/C31H29N3O2/c1-21-12-13-23(18-32-21)19-33-30(35)28-16-27(24-8-4-3-5-9-24)17-29(22(28)2)31(36)34-15-14-25-10-6-7-11-26(25)20-34/h3-13,16-18H,14-15,19-20H2,1-2H3,(H,33,35). The largest absolute Gasteiger partial charge is 0.348 e. The van der Waals surface area contributed by atoms with Crippen LogP contribution in [-0.4, -0.2) is 28.2 Å². The van der Waals surface area contributed by atoms with Crippen LogP contribution in [0.15, 0.2) is 85.1 Å². The summed E-state index contributed by atoms with van der Waals surface area (Å²) in [5.74, 6) is -0.250. The molecule has 1 N–H and O–H groups in total. The Balaban J connectivity index is 1.48. The van der Waals surface area contributed by atoms with Crippen LogP contribution in [-0.2, 0) is 19.5 Å². The molecule has 0 fully saturated rings. The minimum absolute atomic E-state index is 0.0448. The summed E-state index contributed by atoms with van der Waals surface area (Å²) >= 11 is 0. The third-order valence-corrected chi connectivity index (χ3v) is 6.83. The summed E-state index contributed by atoms with van der Waals surface area (Å²) in [4.78, 5) is 33.3. The molecule has 1 aliphatic heterocycles. The van der Waals surface area contributed by atoms with E-state index >= 15 is 0 Å². The van der Waals surface area contributed by atoms with Crippen molar-refractivity contribution < 1.29 is 9.59 Å². The van der Waals surface area contributed by atoms with Gasteiger partial charge in [0.25, 0.3) is 11.8 Å². The number of hydrogen-bond acceptors (Lipinski definition) is 3. The van der Waals surface area contributed by atoms with Gasteiger partial charge in [0.2, 0.25) is 0 Å². The summed E-state index contributed by atoms with van der Waals surface area (Å²) in [6, 6.07) is 25.8. The molecule has 180 valence electrons. The number of fused-ring (bicyclic) bond motifs is 1. The van der Waals surface area contributed by atoms with E-state index in [1.54, 1.807) is 6.20 Å². The van der Waals surface area contributed by atoms with E-state index in [4.69, 9.17) is 0 Å². The van der Waals surface area contributed by atoms with Crippen LogP contribution >= 0.6 is 0 Å². The lowest BCUT2D eigenvalue weighted by molar-refractivity contribution is 0.0734. The molecule has 5 heteroatoms. The Hall–Kier alpha value is -4.25. The SMILES string of the molecule is Cc1ccc(CNC(=O)c2cc(-c3ccccc3)cc(C(=O)N3CCc4ccccc4C3)c2C)cn1. The van der Waals surface area contributed by atoms with Crippen LogP contribution in [0.5, 0.6) is 0 Å². The molecule has 0 saturated carbocycles. The Kier molecular flexibility index (Phi) is 6.63. The fraction of sp³-hybridized carbons (Fsp3) is 0.194. The minimum atomic E-state index is -0.205. The van der Waals surface area contributed by atoms with Crippen LogP contribution in [0.3, 0.4) is 0 Å². The van der Waals surface area contributed by atoms with Crippen LogP contribution < -0.4 is 5.32 Å². The van der Waals surface area contributed by atoms with Crippen molar-refractivity contribution in [1.29, 1.82) is 0 Å². The lowest BCUT2D eigenvalue weighted by Gasteiger charge is -2.30. The topological polar surface area (TPSA) is 62.3 Å². The molecule has 5 rings (SSSR count). The van der Waals surface area contributed by atoms with Crippen molar-refractivity contribution in [3.8, 4) is 11.1 Å². The predicted molar refractivity (Wildman–Crippen MR) is 142 cm³/mol. The van der Waals surface area contributed by atoms with Gasteiger partial charge in [-0.2, -0.15) is 0 Å². The molecular formula is C31H29N3O2. The quantitative estimate of drug-likeness (QED) is 0.415. The van der Waals surface area contributed by atoms with Gasteiger partial charge in [0.15, 0.2) is 0 Å². The highest BCUT2D eigenvalue weighted by Crippen LogP contribution is 2.28. The van der Waals surface area contributed by atoms with E-state index in [0.717, 1.165) is 28.8 Å². The zero-order chi connectivity index (χ0) is 25.1. The predicted octanol–water partition coefficient (Wildman–Crippen LogP) is 5.49. The van der Waals surface area contributed by atoms with Gasteiger partial charge in [-0.25, -0.2) is 0 Å². The van der Waals surface area contributed by atoms with Gasteiger partial charge in [-0.15, -0.1) is 0 Å². The Morgan fingerprint density at radius 1 is 0.861 bits per heavy atom. The third kappa shape index (κ3) is 4.91. The number of nitrogens with zero attached hydrogens (tertiary/aromatic N) is 2. The van der Waals surface area contributed by atoms with E-state index in [1.165, 1.54) is 11.1 Å². The first-order valence-electron chi connectivity index (χ1n) is 12.3. The zero-order valence-electron chi connectivity index (χ0n) is 20.6. The first-order chi connectivity index (χ1) is 17.5. The van der Waals surface area contributed by atoms with E-state index in [2.05, 4.69) is 22.4 Å². The summed E-state index contributed by atoms with van der Waals surface area (Å²) in [5.41, 5.74) is 7.92. The third-order valence-electron chi connectivity index (χ3n) is 6.83. The van der Waals surface area contributed by atoms with Crippen molar-refractivity contribution in [2.75, 3.05) is 6.54 Å². The Morgan fingerprint density at radius 2 is 1.58 bits per heavy atom. The molecule has 2 amide bonds. The number of aryl methyl sites for hydroxylation is 1. The number of aromatic nitrogens is 1. The molecule has 0 atom stereocenters. The average molecular weight is 476 g/mol. The van der Waals surface area contributed by atoms with Gasteiger partial charge in [-0.1, -0.05) is 60.7 Å². The second kappa shape index (κ2) is 10.2. The van der Waals surface area contributed by atoms with Crippen molar-refractivity contribution >= 4 is 11.8 Å². The molecule has 0 radical (unpaired) electrons. The molecule has 0 spiro atoms. The Morgan fingerprint density at radius 3 is 2.33 bits per heavy atom. The van der Waals surface area contributed by atoms with Gasteiger partial charge in [0.1, 0.15) is 0 Å². The molecule has 3 aromatic carbocycles. The maximum Gasteiger partial charge on any atom is 0.254 e. The van der Waals surface area contributed by atoms with Crippen molar-refractivity contribution in [2.45, 2.75) is 33.4 Å². The highest BCUT2D eigenvalue weighted by Gasteiger charge is 2.25. The van der Waals surface area contributed by atoms with Gasteiger partial charge in [-0.05, 0) is 71.8 Å². The van der Waals surface area contributed by atoms with Crippen LogP contribution in [0, 0.1) is 13.8 Å². The molecule has 5 nitrogen and oxygen atoms in total. The van der Waals surface area contributed by atoms with Gasteiger partial charge < -0.3 is 10.2 Å². The minimum Gasteiger partial charge on any atom is -0.348 e. The maximum atomic E-state index is 13.8. The summed E-state index contributed by atoms with van der Waals surface area (Å²) in [5, 5.41) is 3.01. The molecule has 4 aromatic rings. The maximum absolute atomic E-state index is 13.8. The first-order valence-corrected chi connectivity index (χ1v) is 12.3. The number of carbonyl (C=O) groups excluding carboxylic acids is 2. The van der Waals surface area contributed by atoms with E-state index in [0.29, 0.717) is 36.3 Å². The van der Waals surface area contributed by atoms with Gasteiger partial charge >= 0.3 is 0 Å². The van der Waals surface area contributed by atoms with E-state index in [-0.39, 0.29) is 11.8 Å². The number of amides is 2. The summed E-state index contributed by atoms with van der Waals surface area (Å²) in [7, 11) is 0. The summed E-state index contributed by atoms with van der Waals surface area (Å²) in [6.07, 6.45) is 2.60. The molecule has 0 aliphatic carbocycles. The van der Waals surface area contributed by atoms with Gasteiger partial charge in [0.05, 0.1) is 0 Å². The normalized spacial score (nSPS) is 12.7. The highest BCUT2D eigenvalue weighted by atomic mass is 16.2. The summed E-state index contributed by atoms with van der Waals surface area (Å²) < 4.78 is 0. The van der Waals surface area contributed by atoms with Crippen molar-refractivity contribution in [1.82, 2.24) is 15.2 Å². The lowest BCUT2D eigenvalue weighted by atomic mass is 9.93. The van der Waals surface area contributed by atoms with Crippen LogP contribution in [0.1, 0.15) is 48.7 Å². The number of pyridine rings is 1. The molecular weight excluding hydrogens is 446 g/mol. The fourth-order valence-corrected chi connectivity index (χ4v) is 4.69. The van der Waals surface area contributed by atoms with E-state index in [1.807, 2.05) is 85.5 Å². The summed E-state index contributed by atoms with van der Waals surface area (Å²) in [6.45, 7) is 5.40. The second-order valence-electron chi connectivity index (χ2n) is 9.30. The molecule has 1 aromatic heterocycles. The van der Waals surface area contributed by atoms with Gasteiger partial charge in [0, 0.05) is 42.7 Å². The smallest absolute Gasteiger partial charge is 0.254 e. The zero-order valence-corrected chi connectivity index (χ0v) is 20.6. The highest BCUT2D eigenvalue weighted by molar-refractivity contribution is 6.03. The van der Waals surface area contributed by atoms with E-state index in [9.17, 15) is 9.59 Å². The van der Waals surface area contributed by atoms with Crippen LogP contribution in [0.4, 0.5) is 0 Å². The number of benzene rings is 3. The molecule has 2 heterocycles. The molecule has 1 aliphatic rings. The lowest BCUT2D eigenvalue weighted by Crippen LogP contribution is -2.36. The molecule has 36 heavy (non-hydrogen) atoms. The van der Waals surface area contributed by atoms with E-state index < -0.39 is 0 Å². The number of carbonyl (C=O) groups is 2. The Bertz CT molecular complexity index is 1410. The van der Waals surface area contributed by atoms with Crippen LogP contribution in [0.2, 0.25) is 0 Å². The number of rotatable bonds is 5. The number of nitrogens with one attached hydrogen (secondary N) is 1. The fourth-order valence-electron chi connectivity index (χ4n) is 4.69. The molecule has 0 bridgehead atoms. The second-order valence-corrected chi connectivity index (χ2v) is 9.30. The Labute approximate surface area is 211 Å². The number of hydrogen-bond donors (Lipinski definition) is 1. The van der Waals surface area contributed by atoms with Crippen LogP contribution in [0.25, 0.3) is 11.1 Å². The molecule has 0 unspecified atom stereocenters. The van der Waals surface area contributed by atoms with Crippen molar-refractivity contribution in [2.24, 2.45) is 0 Å². The van der Waals surface area contributed by atoms with Gasteiger partial charge in [-0.3, -0.25) is 14.6 Å². The molecule has 0 saturated heterocycles.